The maximum atomic E-state index is 5.99. The first-order valence-electron chi connectivity index (χ1n) is 5.36. The molecule has 1 N–H and O–H groups in total. The number of hydrogen-bond donors (Lipinski definition) is 1. The van der Waals surface area contributed by atoms with E-state index in [2.05, 4.69) is 29.6 Å². The number of aryl methyl sites for hydroxylation is 1. The van der Waals surface area contributed by atoms with E-state index in [-0.39, 0.29) is 0 Å². The predicted molar refractivity (Wildman–Crippen MR) is 73.8 cm³/mol. The van der Waals surface area contributed by atoms with Gasteiger partial charge in [0.1, 0.15) is 0 Å². The van der Waals surface area contributed by atoms with E-state index in [1.165, 1.54) is 5.56 Å². The van der Waals surface area contributed by atoms with E-state index in [0.29, 0.717) is 5.02 Å². The number of para-hydroxylation sites is 1. The standard InChI is InChI=1S/C14H13ClN2/c1-11-5-4-6-12(9-11)10-16-17-14-8-3-2-7-13(14)15/h2-10,17H,1H3/b16-10+. The predicted octanol–water partition coefficient (Wildman–Crippen LogP) is 4.09. The SMILES string of the molecule is Cc1cccc(/C=N/Nc2ccccc2Cl)c1. The zero-order valence-corrected chi connectivity index (χ0v) is 10.3. The van der Waals surface area contributed by atoms with Gasteiger partial charge in [0.2, 0.25) is 0 Å². The van der Waals surface area contributed by atoms with E-state index >= 15 is 0 Å². The zero-order valence-electron chi connectivity index (χ0n) is 9.52. The van der Waals surface area contributed by atoms with E-state index in [1.54, 1.807) is 6.21 Å². The summed E-state index contributed by atoms with van der Waals surface area (Å²) in [6, 6.07) is 15.6. The summed E-state index contributed by atoms with van der Waals surface area (Å²) >= 11 is 5.99. The minimum atomic E-state index is 0.661. The Morgan fingerprint density at radius 3 is 2.71 bits per heavy atom. The monoisotopic (exact) mass is 244 g/mol. The zero-order chi connectivity index (χ0) is 12.1. The molecule has 2 nitrogen and oxygen atoms in total. The summed E-state index contributed by atoms with van der Waals surface area (Å²) in [6.07, 6.45) is 1.77. The molecule has 86 valence electrons. The molecule has 0 aromatic heterocycles. The molecule has 2 rings (SSSR count). The van der Waals surface area contributed by atoms with Crippen LogP contribution in [0.2, 0.25) is 5.02 Å². The molecule has 0 radical (unpaired) electrons. The molecule has 3 heteroatoms. The molecule has 2 aromatic carbocycles. The van der Waals surface area contributed by atoms with Crippen molar-refractivity contribution >= 4 is 23.5 Å². The van der Waals surface area contributed by atoms with E-state index in [4.69, 9.17) is 11.6 Å². The Morgan fingerprint density at radius 2 is 1.94 bits per heavy atom. The van der Waals surface area contributed by atoms with Gasteiger partial charge in [0.05, 0.1) is 16.9 Å². The quantitative estimate of drug-likeness (QED) is 0.638. The van der Waals surface area contributed by atoms with E-state index in [1.807, 2.05) is 36.4 Å². The molecular formula is C14H13ClN2. The fourth-order valence-corrected chi connectivity index (χ4v) is 1.66. The molecule has 0 saturated heterocycles. The summed E-state index contributed by atoms with van der Waals surface area (Å²) in [5, 5.41) is 4.82. The van der Waals surface area contributed by atoms with Crippen molar-refractivity contribution in [2.45, 2.75) is 6.92 Å². The molecule has 0 aliphatic rings. The van der Waals surface area contributed by atoms with Gasteiger partial charge in [0.15, 0.2) is 0 Å². The molecule has 0 aliphatic carbocycles. The van der Waals surface area contributed by atoms with Crippen LogP contribution in [0, 0.1) is 6.92 Å². The summed E-state index contributed by atoms with van der Waals surface area (Å²) in [6.45, 7) is 2.05. The normalized spacial score (nSPS) is 10.7. The van der Waals surface area contributed by atoms with Gasteiger partial charge in [-0.05, 0) is 24.6 Å². The number of rotatable bonds is 3. The first kappa shape index (κ1) is 11.7. The molecule has 0 amide bonds. The van der Waals surface area contributed by atoms with Gasteiger partial charge < -0.3 is 0 Å². The fraction of sp³-hybridized carbons (Fsp3) is 0.0714. The van der Waals surface area contributed by atoms with Crippen LogP contribution in [-0.2, 0) is 0 Å². The lowest BCUT2D eigenvalue weighted by atomic mass is 10.2. The van der Waals surface area contributed by atoms with Gasteiger partial charge in [0.25, 0.3) is 0 Å². The summed E-state index contributed by atoms with van der Waals surface area (Å²) in [7, 11) is 0. The Morgan fingerprint density at radius 1 is 1.12 bits per heavy atom. The van der Waals surface area contributed by atoms with Crippen LogP contribution in [-0.4, -0.2) is 6.21 Å². The van der Waals surface area contributed by atoms with Crippen LogP contribution in [0.25, 0.3) is 0 Å². The van der Waals surface area contributed by atoms with Crippen LogP contribution in [0.4, 0.5) is 5.69 Å². The van der Waals surface area contributed by atoms with Crippen molar-refractivity contribution < 1.29 is 0 Å². The topological polar surface area (TPSA) is 24.4 Å². The molecule has 0 aliphatic heterocycles. The largest absolute Gasteiger partial charge is 0.277 e. The Labute approximate surface area is 106 Å². The molecule has 0 unspecified atom stereocenters. The lowest BCUT2D eigenvalue weighted by Crippen LogP contribution is -1.91. The highest BCUT2D eigenvalue weighted by Gasteiger charge is 1.94. The lowest BCUT2D eigenvalue weighted by Gasteiger charge is -2.01. The highest BCUT2D eigenvalue weighted by molar-refractivity contribution is 6.33. The third-order valence-corrected chi connectivity index (χ3v) is 2.64. The fourth-order valence-electron chi connectivity index (χ4n) is 1.48. The van der Waals surface area contributed by atoms with Crippen LogP contribution in [0.1, 0.15) is 11.1 Å². The van der Waals surface area contributed by atoms with E-state index in [0.717, 1.165) is 11.3 Å². The first-order valence-corrected chi connectivity index (χ1v) is 5.74. The highest BCUT2D eigenvalue weighted by atomic mass is 35.5. The molecule has 0 bridgehead atoms. The second-order valence-corrected chi connectivity index (χ2v) is 4.17. The van der Waals surface area contributed by atoms with Gasteiger partial charge in [-0.15, -0.1) is 0 Å². The molecule has 0 fully saturated rings. The third kappa shape index (κ3) is 3.33. The van der Waals surface area contributed by atoms with Gasteiger partial charge in [0, 0.05) is 0 Å². The molecule has 0 heterocycles. The molecule has 2 aromatic rings. The Hall–Kier alpha value is -1.80. The van der Waals surface area contributed by atoms with Crippen LogP contribution in [0.3, 0.4) is 0 Å². The maximum Gasteiger partial charge on any atom is 0.0748 e. The number of nitrogens with zero attached hydrogens (tertiary/aromatic N) is 1. The van der Waals surface area contributed by atoms with Crippen molar-refractivity contribution in [1.29, 1.82) is 0 Å². The maximum absolute atomic E-state index is 5.99. The number of halogens is 1. The number of hydrazone groups is 1. The van der Waals surface area contributed by atoms with Crippen molar-refractivity contribution in [2.75, 3.05) is 5.43 Å². The molecule has 0 atom stereocenters. The van der Waals surface area contributed by atoms with E-state index < -0.39 is 0 Å². The van der Waals surface area contributed by atoms with Gasteiger partial charge >= 0.3 is 0 Å². The second kappa shape index (κ2) is 5.51. The third-order valence-electron chi connectivity index (χ3n) is 2.31. The molecule has 17 heavy (non-hydrogen) atoms. The van der Waals surface area contributed by atoms with Gasteiger partial charge in [-0.2, -0.15) is 5.10 Å². The van der Waals surface area contributed by atoms with Crippen molar-refractivity contribution in [1.82, 2.24) is 0 Å². The van der Waals surface area contributed by atoms with Crippen LogP contribution >= 0.6 is 11.6 Å². The number of benzene rings is 2. The average molecular weight is 245 g/mol. The van der Waals surface area contributed by atoms with E-state index in [9.17, 15) is 0 Å². The summed E-state index contributed by atoms with van der Waals surface area (Å²) in [5.41, 5.74) is 6.00. The number of nitrogens with one attached hydrogen (secondary N) is 1. The number of anilines is 1. The van der Waals surface area contributed by atoms with Gasteiger partial charge in [-0.1, -0.05) is 53.6 Å². The minimum absolute atomic E-state index is 0.661. The Bertz CT molecular complexity index is 535. The minimum Gasteiger partial charge on any atom is -0.277 e. The van der Waals surface area contributed by atoms with Crippen molar-refractivity contribution in [3.63, 3.8) is 0 Å². The Balaban J connectivity index is 2.06. The Kier molecular flexibility index (Phi) is 3.78. The van der Waals surface area contributed by atoms with Crippen LogP contribution in [0.15, 0.2) is 53.6 Å². The second-order valence-electron chi connectivity index (χ2n) is 3.76. The van der Waals surface area contributed by atoms with Gasteiger partial charge in [-0.25, -0.2) is 0 Å². The van der Waals surface area contributed by atoms with Crippen LogP contribution in [0.5, 0.6) is 0 Å². The lowest BCUT2D eigenvalue weighted by molar-refractivity contribution is 1.35. The van der Waals surface area contributed by atoms with Crippen LogP contribution < -0.4 is 5.43 Å². The van der Waals surface area contributed by atoms with Crippen molar-refractivity contribution in [3.8, 4) is 0 Å². The highest BCUT2D eigenvalue weighted by Crippen LogP contribution is 2.20. The van der Waals surface area contributed by atoms with Crippen molar-refractivity contribution in [2.24, 2.45) is 5.10 Å². The summed E-state index contributed by atoms with van der Waals surface area (Å²) in [4.78, 5) is 0. The summed E-state index contributed by atoms with van der Waals surface area (Å²) < 4.78 is 0. The molecular weight excluding hydrogens is 232 g/mol. The van der Waals surface area contributed by atoms with Crippen molar-refractivity contribution in [3.05, 3.63) is 64.7 Å². The average Bonchev–Trinajstić information content (AvgIpc) is 2.32. The summed E-state index contributed by atoms with van der Waals surface area (Å²) in [5.74, 6) is 0. The van der Waals surface area contributed by atoms with Gasteiger partial charge in [-0.3, -0.25) is 5.43 Å². The smallest absolute Gasteiger partial charge is 0.0748 e. The molecule has 0 spiro atoms. The first-order chi connectivity index (χ1) is 8.25. The number of hydrogen-bond acceptors (Lipinski definition) is 2. The molecule has 0 saturated carbocycles.